The lowest BCUT2D eigenvalue weighted by atomic mass is 10.00. The summed E-state index contributed by atoms with van der Waals surface area (Å²) in [6, 6.07) is 7.36. The molecule has 0 bridgehead atoms. The third kappa shape index (κ3) is 2.86. The number of ketones is 1. The number of rotatable bonds is 3. The highest BCUT2D eigenvalue weighted by Crippen LogP contribution is 2.16. The molecule has 0 atom stereocenters. The Morgan fingerprint density at radius 2 is 2.06 bits per heavy atom. The van der Waals surface area contributed by atoms with Gasteiger partial charge in [0.05, 0.1) is 12.9 Å². The summed E-state index contributed by atoms with van der Waals surface area (Å²) in [4.78, 5) is 11.9. The van der Waals surface area contributed by atoms with Crippen LogP contribution in [0.5, 0.6) is 0 Å². The third-order valence-corrected chi connectivity index (χ3v) is 2.82. The minimum atomic E-state index is 0.141. The van der Waals surface area contributed by atoms with E-state index in [1.165, 1.54) is 0 Å². The number of hydrogen-bond acceptors (Lipinski definition) is 2. The van der Waals surface area contributed by atoms with Crippen molar-refractivity contribution < 1.29 is 9.53 Å². The van der Waals surface area contributed by atoms with Crippen molar-refractivity contribution in [3.8, 4) is 0 Å². The number of benzene rings is 1. The van der Waals surface area contributed by atoms with E-state index in [1.54, 1.807) is 18.4 Å². The Hall–Kier alpha value is -1.28. The fraction of sp³-hybridized carbons (Fsp3) is 0.308. The van der Waals surface area contributed by atoms with Gasteiger partial charge in [0.2, 0.25) is 0 Å². The van der Waals surface area contributed by atoms with Gasteiger partial charge < -0.3 is 4.74 Å². The number of Topliss-reactive ketones (excluding diaryl/α,β-unsaturated/α-hetero) is 1. The summed E-state index contributed by atoms with van der Waals surface area (Å²) in [5.41, 5.74) is 1.78. The van der Waals surface area contributed by atoms with Gasteiger partial charge in [-0.25, -0.2) is 0 Å². The average molecular weight is 237 g/mol. The Morgan fingerprint density at radius 1 is 1.31 bits per heavy atom. The van der Waals surface area contributed by atoms with E-state index in [4.69, 9.17) is 16.3 Å². The van der Waals surface area contributed by atoms with E-state index in [0.29, 0.717) is 11.4 Å². The maximum absolute atomic E-state index is 11.9. The summed E-state index contributed by atoms with van der Waals surface area (Å²) in [7, 11) is 0. The number of hydrogen-bond donors (Lipinski definition) is 0. The highest BCUT2D eigenvalue weighted by atomic mass is 35.5. The van der Waals surface area contributed by atoms with Crippen LogP contribution in [0.15, 0.2) is 36.1 Å². The van der Waals surface area contributed by atoms with Crippen molar-refractivity contribution in [3.63, 3.8) is 0 Å². The molecule has 1 aliphatic rings. The highest BCUT2D eigenvalue weighted by Gasteiger charge is 2.13. The van der Waals surface area contributed by atoms with Crippen molar-refractivity contribution >= 4 is 17.4 Å². The van der Waals surface area contributed by atoms with Crippen LogP contribution in [0.1, 0.15) is 18.4 Å². The van der Waals surface area contributed by atoms with Gasteiger partial charge in [0.1, 0.15) is 0 Å². The van der Waals surface area contributed by atoms with Gasteiger partial charge in [-0.1, -0.05) is 23.7 Å². The SMILES string of the molecule is O=C(Cc1ccc(Cl)cc1)C1=COCCC1. The molecular weight excluding hydrogens is 224 g/mol. The van der Waals surface area contributed by atoms with Gasteiger partial charge in [-0.2, -0.15) is 0 Å². The predicted octanol–water partition coefficient (Wildman–Crippen LogP) is 3.15. The lowest BCUT2D eigenvalue weighted by Crippen LogP contribution is -2.11. The zero-order valence-electron chi connectivity index (χ0n) is 8.91. The molecule has 0 aliphatic carbocycles. The zero-order chi connectivity index (χ0) is 11.4. The number of ether oxygens (including phenoxy) is 1. The van der Waals surface area contributed by atoms with Gasteiger partial charge in [-0.3, -0.25) is 4.79 Å². The van der Waals surface area contributed by atoms with Gasteiger partial charge in [0.25, 0.3) is 0 Å². The summed E-state index contributed by atoms with van der Waals surface area (Å²) in [6.45, 7) is 0.720. The first-order chi connectivity index (χ1) is 7.75. The summed E-state index contributed by atoms with van der Waals surface area (Å²) in [6.07, 6.45) is 3.78. The van der Waals surface area contributed by atoms with E-state index < -0.39 is 0 Å². The molecule has 84 valence electrons. The lowest BCUT2D eigenvalue weighted by molar-refractivity contribution is -0.115. The van der Waals surface area contributed by atoms with Gasteiger partial charge in [0.15, 0.2) is 5.78 Å². The van der Waals surface area contributed by atoms with Gasteiger partial charge in [0, 0.05) is 17.0 Å². The van der Waals surface area contributed by atoms with E-state index in [9.17, 15) is 4.79 Å². The first-order valence-corrected chi connectivity index (χ1v) is 5.72. The van der Waals surface area contributed by atoms with Crippen LogP contribution in [-0.2, 0) is 16.0 Å². The molecule has 0 amide bonds. The van der Waals surface area contributed by atoms with Crippen LogP contribution in [-0.4, -0.2) is 12.4 Å². The molecule has 0 saturated heterocycles. The molecule has 2 nitrogen and oxygen atoms in total. The first-order valence-electron chi connectivity index (χ1n) is 5.34. The third-order valence-electron chi connectivity index (χ3n) is 2.57. The molecule has 1 heterocycles. The van der Waals surface area contributed by atoms with Gasteiger partial charge >= 0.3 is 0 Å². The predicted molar refractivity (Wildman–Crippen MR) is 63.4 cm³/mol. The Morgan fingerprint density at radius 3 is 2.69 bits per heavy atom. The molecule has 1 aromatic rings. The molecule has 0 spiro atoms. The van der Waals surface area contributed by atoms with Crippen molar-refractivity contribution in [2.75, 3.05) is 6.61 Å². The molecule has 0 saturated carbocycles. The Balaban J connectivity index is 2.01. The van der Waals surface area contributed by atoms with E-state index in [-0.39, 0.29) is 5.78 Å². The molecule has 0 aromatic heterocycles. The van der Waals surface area contributed by atoms with E-state index in [2.05, 4.69) is 0 Å². The van der Waals surface area contributed by atoms with E-state index in [1.807, 2.05) is 12.1 Å². The van der Waals surface area contributed by atoms with Crippen molar-refractivity contribution in [1.29, 1.82) is 0 Å². The molecule has 0 fully saturated rings. The van der Waals surface area contributed by atoms with Crippen LogP contribution in [0.25, 0.3) is 0 Å². The maximum Gasteiger partial charge on any atom is 0.166 e. The largest absolute Gasteiger partial charge is 0.501 e. The molecule has 0 N–H and O–H groups in total. The number of halogens is 1. The van der Waals surface area contributed by atoms with Crippen LogP contribution in [0, 0.1) is 0 Å². The smallest absolute Gasteiger partial charge is 0.166 e. The molecular formula is C13H13ClO2. The summed E-state index contributed by atoms with van der Waals surface area (Å²) in [5, 5.41) is 0.691. The van der Waals surface area contributed by atoms with Crippen LogP contribution >= 0.6 is 11.6 Å². The number of allylic oxidation sites excluding steroid dienone is 1. The van der Waals surface area contributed by atoms with Crippen molar-refractivity contribution in [2.45, 2.75) is 19.3 Å². The molecule has 0 unspecified atom stereocenters. The first kappa shape index (κ1) is 11.2. The molecule has 3 heteroatoms. The van der Waals surface area contributed by atoms with Gasteiger partial charge in [-0.05, 0) is 30.5 Å². The fourth-order valence-electron chi connectivity index (χ4n) is 1.67. The number of carbonyl (C=O) groups is 1. The Bertz CT molecular complexity index is 406. The molecule has 2 rings (SSSR count). The standard InChI is InChI=1S/C13H13ClO2/c14-12-5-3-10(4-6-12)8-13(15)11-2-1-7-16-9-11/h3-6,9H,1-2,7-8H2. The maximum atomic E-state index is 11.9. The van der Waals surface area contributed by atoms with Crippen LogP contribution in [0.3, 0.4) is 0 Å². The minimum Gasteiger partial charge on any atom is -0.501 e. The average Bonchev–Trinajstić information content (AvgIpc) is 2.33. The topological polar surface area (TPSA) is 26.3 Å². The second kappa shape index (κ2) is 5.17. The van der Waals surface area contributed by atoms with Crippen LogP contribution in [0.2, 0.25) is 5.02 Å². The Kier molecular flexibility index (Phi) is 3.62. The summed E-state index contributed by atoms with van der Waals surface area (Å²) in [5.74, 6) is 0.141. The highest BCUT2D eigenvalue weighted by molar-refractivity contribution is 6.30. The molecule has 16 heavy (non-hydrogen) atoms. The zero-order valence-corrected chi connectivity index (χ0v) is 9.67. The summed E-state index contributed by atoms with van der Waals surface area (Å²) < 4.78 is 5.16. The van der Waals surface area contributed by atoms with Crippen molar-refractivity contribution in [3.05, 3.63) is 46.7 Å². The molecule has 1 aliphatic heterocycles. The van der Waals surface area contributed by atoms with Crippen molar-refractivity contribution in [2.24, 2.45) is 0 Å². The normalized spacial score (nSPS) is 15.2. The second-order valence-electron chi connectivity index (χ2n) is 3.84. The second-order valence-corrected chi connectivity index (χ2v) is 4.28. The Labute approximate surface area is 99.9 Å². The quantitative estimate of drug-likeness (QED) is 0.806. The van der Waals surface area contributed by atoms with Gasteiger partial charge in [-0.15, -0.1) is 0 Å². The fourth-order valence-corrected chi connectivity index (χ4v) is 1.80. The van der Waals surface area contributed by atoms with E-state index in [0.717, 1.165) is 30.6 Å². The number of carbonyl (C=O) groups excluding carboxylic acids is 1. The van der Waals surface area contributed by atoms with Crippen LogP contribution in [0.4, 0.5) is 0 Å². The molecule has 1 aromatic carbocycles. The van der Waals surface area contributed by atoms with Crippen LogP contribution < -0.4 is 0 Å². The van der Waals surface area contributed by atoms with Crippen molar-refractivity contribution in [1.82, 2.24) is 0 Å². The monoisotopic (exact) mass is 236 g/mol. The molecule has 0 radical (unpaired) electrons. The summed E-state index contributed by atoms with van der Waals surface area (Å²) >= 11 is 5.78. The minimum absolute atomic E-state index is 0.141. The van der Waals surface area contributed by atoms with E-state index >= 15 is 0 Å². The lowest BCUT2D eigenvalue weighted by Gasteiger charge is -2.12.